The average Bonchev–Trinajstić information content (AvgIpc) is 2.91. The largest absolute Gasteiger partial charge is 0.376 e. The zero-order valence-corrected chi connectivity index (χ0v) is 9.55. The summed E-state index contributed by atoms with van der Waals surface area (Å²) in [6.07, 6.45) is 2.33. The van der Waals surface area contributed by atoms with Crippen molar-refractivity contribution >= 4 is 17.2 Å². The van der Waals surface area contributed by atoms with Crippen molar-refractivity contribution in [3.05, 3.63) is 22.4 Å². The fourth-order valence-electron chi connectivity index (χ4n) is 1.77. The number of amides is 1. The van der Waals surface area contributed by atoms with E-state index in [4.69, 9.17) is 4.74 Å². The first-order valence-electron chi connectivity index (χ1n) is 5.22. The Kier molecular flexibility index (Phi) is 3.38. The van der Waals surface area contributed by atoms with Gasteiger partial charge in [0.2, 0.25) is 0 Å². The number of hydrogen-bond donors (Lipinski definition) is 1. The smallest absolute Gasteiger partial charge is 0.252 e. The van der Waals surface area contributed by atoms with Crippen molar-refractivity contribution < 1.29 is 9.53 Å². The third-order valence-corrected chi connectivity index (χ3v) is 3.35. The summed E-state index contributed by atoms with van der Waals surface area (Å²) in [7, 11) is 0. The van der Waals surface area contributed by atoms with Crippen LogP contribution in [-0.4, -0.2) is 24.7 Å². The third-order valence-electron chi connectivity index (χ3n) is 2.66. The summed E-state index contributed by atoms with van der Waals surface area (Å²) in [6, 6.07) is 1.93. The second-order valence-corrected chi connectivity index (χ2v) is 4.61. The standard InChI is InChI=1S/C11H15NO2S/c1-8(10-3-2-5-14-10)12-11(13)9-4-6-15-7-9/h4,6-8,10H,2-3,5H2,1H3,(H,12,13)/t8-,10-/m1/s1. The molecule has 82 valence electrons. The molecular formula is C11H15NO2S. The Hall–Kier alpha value is -0.870. The lowest BCUT2D eigenvalue weighted by Crippen LogP contribution is -2.40. The Labute approximate surface area is 93.4 Å². The van der Waals surface area contributed by atoms with Gasteiger partial charge in [-0.15, -0.1) is 0 Å². The van der Waals surface area contributed by atoms with Crippen molar-refractivity contribution in [2.45, 2.75) is 31.9 Å². The van der Waals surface area contributed by atoms with Gasteiger partial charge in [-0.05, 0) is 31.2 Å². The highest BCUT2D eigenvalue weighted by Crippen LogP contribution is 2.16. The number of carbonyl (C=O) groups excluding carboxylic acids is 1. The maximum Gasteiger partial charge on any atom is 0.252 e. The third kappa shape index (κ3) is 2.58. The van der Waals surface area contributed by atoms with Gasteiger partial charge in [0.15, 0.2) is 0 Å². The van der Waals surface area contributed by atoms with E-state index < -0.39 is 0 Å². The summed E-state index contributed by atoms with van der Waals surface area (Å²) < 4.78 is 5.52. The molecule has 2 heterocycles. The zero-order chi connectivity index (χ0) is 10.7. The second-order valence-electron chi connectivity index (χ2n) is 3.83. The molecule has 1 aliphatic rings. The van der Waals surface area contributed by atoms with Gasteiger partial charge in [0.25, 0.3) is 5.91 Å². The first kappa shape index (κ1) is 10.6. The van der Waals surface area contributed by atoms with Crippen LogP contribution in [0.25, 0.3) is 0 Å². The lowest BCUT2D eigenvalue weighted by atomic mass is 10.1. The zero-order valence-electron chi connectivity index (χ0n) is 8.73. The van der Waals surface area contributed by atoms with E-state index >= 15 is 0 Å². The first-order valence-corrected chi connectivity index (χ1v) is 6.16. The molecule has 1 aromatic heterocycles. The fourth-order valence-corrected chi connectivity index (χ4v) is 2.41. The maximum atomic E-state index is 11.7. The van der Waals surface area contributed by atoms with Gasteiger partial charge in [-0.1, -0.05) is 0 Å². The highest BCUT2D eigenvalue weighted by atomic mass is 32.1. The quantitative estimate of drug-likeness (QED) is 0.855. The second kappa shape index (κ2) is 4.77. The molecule has 1 aliphatic heterocycles. The summed E-state index contributed by atoms with van der Waals surface area (Å²) in [5.74, 6) is -0.000694. The summed E-state index contributed by atoms with van der Waals surface area (Å²) in [5, 5.41) is 6.73. The van der Waals surface area contributed by atoms with Crippen LogP contribution in [0.2, 0.25) is 0 Å². The van der Waals surface area contributed by atoms with Gasteiger partial charge in [-0.2, -0.15) is 11.3 Å². The summed E-state index contributed by atoms with van der Waals surface area (Å²) in [4.78, 5) is 11.7. The molecule has 1 saturated heterocycles. The van der Waals surface area contributed by atoms with Gasteiger partial charge in [0, 0.05) is 17.6 Å². The predicted molar refractivity (Wildman–Crippen MR) is 60.2 cm³/mol. The maximum absolute atomic E-state index is 11.7. The Morgan fingerprint density at radius 2 is 2.60 bits per heavy atom. The molecule has 2 atom stereocenters. The minimum absolute atomic E-state index is 0.000694. The Bertz CT molecular complexity index is 317. The van der Waals surface area contributed by atoms with Crippen LogP contribution < -0.4 is 5.32 Å². The lowest BCUT2D eigenvalue weighted by molar-refractivity contribution is 0.0712. The van der Waals surface area contributed by atoms with E-state index in [0.29, 0.717) is 0 Å². The molecular weight excluding hydrogens is 210 g/mol. The number of hydrogen-bond acceptors (Lipinski definition) is 3. The first-order chi connectivity index (χ1) is 7.27. The predicted octanol–water partition coefficient (Wildman–Crippen LogP) is 2.05. The normalized spacial score (nSPS) is 22.6. The molecule has 1 amide bonds. The molecule has 4 heteroatoms. The van der Waals surface area contributed by atoms with Gasteiger partial charge in [-0.3, -0.25) is 4.79 Å². The molecule has 0 unspecified atom stereocenters. The molecule has 0 spiro atoms. The number of ether oxygens (including phenoxy) is 1. The molecule has 0 saturated carbocycles. The van der Waals surface area contributed by atoms with Crippen LogP contribution >= 0.6 is 11.3 Å². The van der Waals surface area contributed by atoms with E-state index in [1.54, 1.807) is 0 Å². The van der Waals surface area contributed by atoms with E-state index in [1.165, 1.54) is 11.3 Å². The van der Waals surface area contributed by atoms with Crippen LogP contribution in [-0.2, 0) is 4.74 Å². The SMILES string of the molecule is C[C@@H](NC(=O)c1ccsc1)[C@H]1CCCO1. The molecule has 0 bridgehead atoms. The van der Waals surface area contributed by atoms with Crippen molar-refractivity contribution in [3.63, 3.8) is 0 Å². The molecule has 0 aromatic carbocycles. The lowest BCUT2D eigenvalue weighted by Gasteiger charge is -2.19. The van der Waals surface area contributed by atoms with E-state index in [0.717, 1.165) is 25.0 Å². The Balaban J connectivity index is 1.88. The van der Waals surface area contributed by atoms with Crippen molar-refractivity contribution in [2.24, 2.45) is 0 Å². The molecule has 2 rings (SSSR count). The molecule has 1 fully saturated rings. The highest BCUT2D eigenvalue weighted by molar-refractivity contribution is 7.08. The monoisotopic (exact) mass is 225 g/mol. The number of rotatable bonds is 3. The highest BCUT2D eigenvalue weighted by Gasteiger charge is 2.23. The van der Waals surface area contributed by atoms with Crippen LogP contribution in [0, 0.1) is 0 Å². The van der Waals surface area contributed by atoms with Crippen molar-refractivity contribution in [3.8, 4) is 0 Å². The molecule has 3 nitrogen and oxygen atoms in total. The van der Waals surface area contributed by atoms with Crippen LogP contribution in [0.1, 0.15) is 30.1 Å². The Morgan fingerprint density at radius 1 is 1.73 bits per heavy atom. The minimum Gasteiger partial charge on any atom is -0.376 e. The van der Waals surface area contributed by atoms with Crippen LogP contribution in [0.4, 0.5) is 0 Å². The van der Waals surface area contributed by atoms with E-state index in [9.17, 15) is 4.79 Å². The van der Waals surface area contributed by atoms with Gasteiger partial charge in [0.05, 0.1) is 12.1 Å². The van der Waals surface area contributed by atoms with Gasteiger partial charge in [0.1, 0.15) is 0 Å². The molecule has 15 heavy (non-hydrogen) atoms. The van der Waals surface area contributed by atoms with E-state index in [1.807, 2.05) is 23.8 Å². The van der Waals surface area contributed by atoms with Crippen molar-refractivity contribution in [2.75, 3.05) is 6.61 Å². The molecule has 0 radical (unpaired) electrons. The van der Waals surface area contributed by atoms with Crippen LogP contribution in [0.5, 0.6) is 0 Å². The fraction of sp³-hybridized carbons (Fsp3) is 0.545. The van der Waals surface area contributed by atoms with E-state index in [2.05, 4.69) is 5.32 Å². The summed E-state index contributed by atoms with van der Waals surface area (Å²) in [5.41, 5.74) is 0.741. The van der Waals surface area contributed by atoms with Gasteiger partial charge >= 0.3 is 0 Å². The van der Waals surface area contributed by atoms with Crippen molar-refractivity contribution in [1.29, 1.82) is 0 Å². The number of thiophene rings is 1. The molecule has 0 aliphatic carbocycles. The number of carbonyl (C=O) groups is 1. The van der Waals surface area contributed by atoms with Gasteiger partial charge in [-0.25, -0.2) is 0 Å². The molecule has 1 N–H and O–H groups in total. The van der Waals surface area contributed by atoms with E-state index in [-0.39, 0.29) is 18.1 Å². The van der Waals surface area contributed by atoms with Gasteiger partial charge < -0.3 is 10.1 Å². The van der Waals surface area contributed by atoms with Crippen LogP contribution in [0.15, 0.2) is 16.8 Å². The Morgan fingerprint density at radius 3 is 3.20 bits per heavy atom. The number of nitrogens with one attached hydrogen (secondary N) is 1. The summed E-state index contributed by atoms with van der Waals surface area (Å²) >= 11 is 1.54. The average molecular weight is 225 g/mol. The van der Waals surface area contributed by atoms with Crippen LogP contribution in [0.3, 0.4) is 0 Å². The van der Waals surface area contributed by atoms with Crippen molar-refractivity contribution in [1.82, 2.24) is 5.32 Å². The minimum atomic E-state index is -0.000694. The summed E-state index contributed by atoms with van der Waals surface area (Å²) in [6.45, 7) is 2.82. The molecule has 1 aromatic rings. The topological polar surface area (TPSA) is 38.3 Å².